The quantitative estimate of drug-likeness (QED) is 0.672. The summed E-state index contributed by atoms with van der Waals surface area (Å²) in [7, 11) is -1.39. The van der Waals surface area contributed by atoms with Crippen molar-refractivity contribution in [3.8, 4) is 0 Å². The van der Waals surface area contributed by atoms with Gasteiger partial charge < -0.3 is 5.32 Å². The average Bonchev–Trinajstić information content (AvgIpc) is 2.28. The maximum atomic E-state index is 12.5. The van der Waals surface area contributed by atoms with Gasteiger partial charge in [0.1, 0.15) is 0 Å². The summed E-state index contributed by atoms with van der Waals surface area (Å²) >= 11 is 0. The number of nitrogens with zero attached hydrogens (tertiary/aromatic N) is 1. The second-order valence-electron chi connectivity index (χ2n) is 6.18. The zero-order valence-electron chi connectivity index (χ0n) is 13.4. The molecule has 0 heterocycles. The molecule has 19 heavy (non-hydrogen) atoms. The summed E-state index contributed by atoms with van der Waals surface area (Å²) < 4.78 is 26.8. The Morgan fingerprint density at radius 3 is 1.68 bits per heavy atom. The van der Waals surface area contributed by atoms with Crippen molar-refractivity contribution in [3.05, 3.63) is 0 Å². The smallest absolute Gasteiger partial charge is 0.217 e. The van der Waals surface area contributed by atoms with E-state index in [-0.39, 0.29) is 5.25 Å². The van der Waals surface area contributed by atoms with Crippen LogP contribution in [0.2, 0.25) is 0 Å². The number of hydrogen-bond donors (Lipinski definition) is 1. The highest BCUT2D eigenvalue weighted by molar-refractivity contribution is 7.89. The highest BCUT2D eigenvalue weighted by Crippen LogP contribution is 2.14. The molecule has 0 saturated carbocycles. The van der Waals surface area contributed by atoms with E-state index in [9.17, 15) is 8.42 Å². The molecule has 0 aromatic heterocycles. The number of hydrogen-bond acceptors (Lipinski definition) is 3. The molecule has 0 aromatic carbocycles. The Morgan fingerprint density at radius 2 is 1.37 bits per heavy atom. The molecule has 0 radical (unpaired) electrons. The molecule has 0 spiro atoms. The minimum Gasteiger partial charge on any atom is -0.318 e. The third kappa shape index (κ3) is 7.28. The third-order valence-electron chi connectivity index (χ3n) is 3.27. The predicted molar refractivity (Wildman–Crippen MR) is 82.8 cm³/mol. The van der Waals surface area contributed by atoms with E-state index in [1.165, 1.54) is 0 Å². The van der Waals surface area contributed by atoms with Gasteiger partial charge >= 0.3 is 0 Å². The first-order chi connectivity index (χ1) is 8.71. The van der Waals surface area contributed by atoms with Gasteiger partial charge in [-0.2, -0.15) is 0 Å². The zero-order chi connectivity index (χ0) is 15.1. The van der Waals surface area contributed by atoms with E-state index in [4.69, 9.17) is 0 Å². The maximum absolute atomic E-state index is 12.5. The number of nitrogens with one attached hydrogen (secondary N) is 1. The van der Waals surface area contributed by atoms with Gasteiger partial charge in [-0.15, -0.1) is 0 Å². The van der Waals surface area contributed by atoms with Gasteiger partial charge in [0, 0.05) is 19.6 Å². The van der Waals surface area contributed by atoms with Crippen LogP contribution in [0.1, 0.15) is 47.5 Å². The van der Waals surface area contributed by atoms with Crippen LogP contribution in [0.5, 0.6) is 0 Å². The first kappa shape index (κ1) is 18.9. The van der Waals surface area contributed by atoms with Crippen LogP contribution in [0.4, 0.5) is 0 Å². The van der Waals surface area contributed by atoms with Gasteiger partial charge in [0.25, 0.3) is 0 Å². The van der Waals surface area contributed by atoms with Crippen LogP contribution in [0.15, 0.2) is 0 Å². The highest BCUT2D eigenvalue weighted by Gasteiger charge is 2.28. The second kappa shape index (κ2) is 8.93. The summed E-state index contributed by atoms with van der Waals surface area (Å²) in [4.78, 5) is 0. The lowest BCUT2D eigenvalue weighted by Gasteiger charge is -2.27. The summed E-state index contributed by atoms with van der Waals surface area (Å²) in [5.74, 6) is 1.05. The minimum absolute atomic E-state index is 0.364. The van der Waals surface area contributed by atoms with Gasteiger partial charge in [0.05, 0.1) is 5.25 Å². The molecule has 0 rings (SSSR count). The summed E-state index contributed by atoms with van der Waals surface area (Å²) in [6, 6.07) is 0. The van der Waals surface area contributed by atoms with E-state index < -0.39 is 10.0 Å². The van der Waals surface area contributed by atoms with Crippen LogP contribution in [-0.4, -0.2) is 44.7 Å². The van der Waals surface area contributed by atoms with Crippen molar-refractivity contribution in [2.75, 3.05) is 26.7 Å². The second-order valence-corrected chi connectivity index (χ2v) is 8.53. The first-order valence-electron chi connectivity index (χ1n) is 7.35. The van der Waals surface area contributed by atoms with E-state index in [0.717, 1.165) is 12.8 Å². The van der Waals surface area contributed by atoms with E-state index in [0.29, 0.717) is 31.5 Å². The van der Waals surface area contributed by atoms with Gasteiger partial charge in [-0.25, -0.2) is 12.7 Å². The molecule has 0 bridgehead atoms. The van der Waals surface area contributed by atoms with Crippen molar-refractivity contribution in [2.45, 2.75) is 52.7 Å². The Bertz CT molecular complexity index is 314. The normalized spacial score (nSPS) is 14.6. The lowest BCUT2D eigenvalue weighted by Crippen LogP contribution is -2.42. The Morgan fingerprint density at radius 1 is 0.947 bits per heavy atom. The summed E-state index contributed by atoms with van der Waals surface area (Å²) in [6.07, 6.45) is 1.84. The van der Waals surface area contributed by atoms with Crippen LogP contribution >= 0.6 is 0 Å². The minimum atomic E-state index is -3.18. The molecule has 0 aliphatic rings. The van der Waals surface area contributed by atoms with Crippen LogP contribution < -0.4 is 5.32 Å². The van der Waals surface area contributed by atoms with E-state index in [2.05, 4.69) is 33.0 Å². The molecule has 0 fully saturated rings. The summed E-state index contributed by atoms with van der Waals surface area (Å²) in [5, 5.41) is 2.59. The molecule has 1 N–H and O–H groups in total. The summed E-state index contributed by atoms with van der Waals surface area (Å²) in [6.45, 7) is 12.1. The Balaban J connectivity index is 4.78. The molecule has 0 aliphatic heterocycles. The first-order valence-corrected chi connectivity index (χ1v) is 8.85. The van der Waals surface area contributed by atoms with Crippen LogP contribution in [0.3, 0.4) is 0 Å². The fourth-order valence-electron chi connectivity index (χ4n) is 1.82. The highest BCUT2D eigenvalue weighted by atomic mass is 32.2. The van der Waals surface area contributed by atoms with Crippen molar-refractivity contribution >= 4 is 10.0 Å². The van der Waals surface area contributed by atoms with Crippen molar-refractivity contribution in [3.63, 3.8) is 0 Å². The van der Waals surface area contributed by atoms with E-state index in [1.807, 2.05) is 0 Å². The fraction of sp³-hybridized carbons (Fsp3) is 1.00. The molecular formula is C14H32N2O2S. The van der Waals surface area contributed by atoms with Crippen LogP contribution in [0, 0.1) is 11.8 Å². The average molecular weight is 292 g/mol. The van der Waals surface area contributed by atoms with Gasteiger partial charge in [-0.1, -0.05) is 27.7 Å². The SMILES string of the molecule is CNCC(C)S(=O)(=O)N(CCC(C)C)CCC(C)C. The molecule has 0 aromatic rings. The van der Waals surface area contributed by atoms with Crippen molar-refractivity contribution in [1.82, 2.24) is 9.62 Å². The summed E-state index contributed by atoms with van der Waals surface area (Å²) in [5.41, 5.74) is 0. The lowest BCUT2D eigenvalue weighted by molar-refractivity contribution is 0.353. The van der Waals surface area contributed by atoms with Crippen molar-refractivity contribution in [2.24, 2.45) is 11.8 Å². The monoisotopic (exact) mass is 292 g/mol. The van der Waals surface area contributed by atoms with Gasteiger partial charge in [-0.3, -0.25) is 0 Å². The Labute approximate surface area is 120 Å². The van der Waals surface area contributed by atoms with E-state index >= 15 is 0 Å². The number of sulfonamides is 1. The molecule has 1 unspecified atom stereocenters. The largest absolute Gasteiger partial charge is 0.318 e. The topological polar surface area (TPSA) is 49.4 Å². The molecular weight excluding hydrogens is 260 g/mol. The molecule has 0 aliphatic carbocycles. The Hall–Kier alpha value is -0.130. The molecule has 116 valence electrons. The molecule has 1 atom stereocenters. The van der Waals surface area contributed by atoms with Gasteiger partial charge in [0.2, 0.25) is 10.0 Å². The molecule has 4 nitrogen and oxygen atoms in total. The predicted octanol–water partition coefficient (Wildman–Crippen LogP) is 2.32. The lowest BCUT2D eigenvalue weighted by atomic mass is 10.1. The standard InChI is InChI=1S/C14H32N2O2S/c1-12(2)7-9-16(10-8-13(3)4)19(17,18)14(5)11-15-6/h12-15H,7-11H2,1-6H3. The van der Waals surface area contributed by atoms with Crippen molar-refractivity contribution < 1.29 is 8.42 Å². The van der Waals surface area contributed by atoms with Gasteiger partial charge in [-0.05, 0) is 38.6 Å². The van der Waals surface area contributed by atoms with Crippen molar-refractivity contribution in [1.29, 1.82) is 0 Å². The van der Waals surface area contributed by atoms with Gasteiger partial charge in [0.15, 0.2) is 0 Å². The van der Waals surface area contributed by atoms with Crippen LogP contribution in [0.25, 0.3) is 0 Å². The number of rotatable bonds is 10. The van der Waals surface area contributed by atoms with E-state index in [1.54, 1.807) is 18.3 Å². The maximum Gasteiger partial charge on any atom is 0.217 e. The van der Waals surface area contributed by atoms with Crippen LogP contribution in [-0.2, 0) is 10.0 Å². The molecule has 0 saturated heterocycles. The molecule has 0 amide bonds. The fourth-order valence-corrected chi connectivity index (χ4v) is 3.42. The third-order valence-corrected chi connectivity index (χ3v) is 5.54. The Kier molecular flexibility index (Phi) is 8.86. The molecule has 5 heteroatoms. The zero-order valence-corrected chi connectivity index (χ0v) is 14.3.